The average molecular weight is 320 g/mol. The second-order valence-corrected chi connectivity index (χ2v) is 4.81. The summed E-state index contributed by atoms with van der Waals surface area (Å²) in [5, 5.41) is 0.434. The monoisotopic (exact) mass is 318 g/mol. The molecule has 90 valence electrons. The van der Waals surface area contributed by atoms with Crippen LogP contribution in [0, 0.1) is 0 Å². The van der Waals surface area contributed by atoms with E-state index in [0.717, 1.165) is 0 Å². The van der Waals surface area contributed by atoms with Gasteiger partial charge in [0.2, 0.25) is 6.10 Å². The normalized spacial score (nSPS) is 18.3. The zero-order valence-electron chi connectivity index (χ0n) is 8.83. The zero-order chi connectivity index (χ0) is 12.6. The van der Waals surface area contributed by atoms with E-state index in [1.54, 1.807) is 6.07 Å². The van der Waals surface area contributed by atoms with Crippen LogP contribution in [0.25, 0.3) is 0 Å². The summed E-state index contributed by atoms with van der Waals surface area (Å²) in [5.41, 5.74) is 0.379. The van der Waals surface area contributed by atoms with E-state index in [1.165, 1.54) is 13.2 Å². The summed E-state index contributed by atoms with van der Waals surface area (Å²) in [6.45, 7) is 0. The van der Waals surface area contributed by atoms with Crippen LogP contribution in [0.15, 0.2) is 16.6 Å². The van der Waals surface area contributed by atoms with E-state index < -0.39 is 12.1 Å². The predicted molar refractivity (Wildman–Crippen MR) is 64.5 cm³/mol. The first-order valence-electron chi connectivity index (χ1n) is 4.79. The Bertz CT molecular complexity index is 500. The molecule has 1 heterocycles. The Morgan fingerprint density at radius 1 is 1.59 bits per heavy atom. The van der Waals surface area contributed by atoms with Crippen molar-refractivity contribution < 1.29 is 19.1 Å². The van der Waals surface area contributed by atoms with Gasteiger partial charge in [0.1, 0.15) is 5.75 Å². The summed E-state index contributed by atoms with van der Waals surface area (Å²) in [6, 6.07) is 3.13. The molecule has 0 N–H and O–H groups in total. The van der Waals surface area contributed by atoms with Crippen molar-refractivity contribution in [1.82, 2.24) is 0 Å². The number of fused-ring (bicyclic) bond motifs is 1. The maximum absolute atomic E-state index is 11.9. The lowest BCUT2D eigenvalue weighted by molar-refractivity contribution is -0.149. The lowest BCUT2D eigenvalue weighted by Crippen LogP contribution is -2.35. The van der Waals surface area contributed by atoms with Crippen molar-refractivity contribution in [3.63, 3.8) is 0 Å². The molecule has 1 atom stereocenters. The van der Waals surface area contributed by atoms with Crippen LogP contribution >= 0.6 is 27.5 Å². The Labute approximate surface area is 111 Å². The van der Waals surface area contributed by atoms with Crippen molar-refractivity contribution in [2.45, 2.75) is 12.5 Å². The molecule has 0 amide bonds. The molecule has 0 aromatic heterocycles. The van der Waals surface area contributed by atoms with E-state index in [4.69, 9.17) is 16.3 Å². The largest absolute Gasteiger partial charge is 0.476 e. The molecular weight excluding hydrogens is 311 g/mol. The SMILES string of the molecule is COC(=O)[C@H]1CC(=O)c2cc(Cl)cc(Br)c2O1. The van der Waals surface area contributed by atoms with Crippen LogP contribution < -0.4 is 4.74 Å². The quantitative estimate of drug-likeness (QED) is 0.747. The van der Waals surface area contributed by atoms with Gasteiger partial charge < -0.3 is 9.47 Å². The molecule has 0 saturated heterocycles. The molecule has 1 aromatic rings. The van der Waals surface area contributed by atoms with E-state index in [9.17, 15) is 9.59 Å². The highest BCUT2D eigenvalue weighted by Gasteiger charge is 2.33. The van der Waals surface area contributed by atoms with Gasteiger partial charge in [-0.25, -0.2) is 4.79 Å². The molecule has 1 aromatic carbocycles. The van der Waals surface area contributed by atoms with Gasteiger partial charge in [0.15, 0.2) is 5.78 Å². The number of hydrogen-bond donors (Lipinski definition) is 0. The van der Waals surface area contributed by atoms with Crippen LogP contribution in [0.1, 0.15) is 16.8 Å². The van der Waals surface area contributed by atoms with Gasteiger partial charge in [-0.05, 0) is 28.1 Å². The molecule has 1 aliphatic heterocycles. The molecule has 2 rings (SSSR count). The molecule has 0 radical (unpaired) electrons. The fourth-order valence-electron chi connectivity index (χ4n) is 1.61. The van der Waals surface area contributed by atoms with Gasteiger partial charge in [-0.3, -0.25) is 4.79 Å². The second kappa shape index (κ2) is 4.66. The number of carbonyl (C=O) groups excluding carboxylic acids is 2. The lowest BCUT2D eigenvalue weighted by Gasteiger charge is -2.24. The fraction of sp³-hybridized carbons (Fsp3) is 0.273. The Kier molecular flexibility index (Phi) is 3.40. The molecule has 0 aliphatic carbocycles. The Balaban J connectivity index is 2.43. The topological polar surface area (TPSA) is 52.6 Å². The molecule has 17 heavy (non-hydrogen) atoms. The zero-order valence-corrected chi connectivity index (χ0v) is 11.2. The van der Waals surface area contributed by atoms with Gasteiger partial charge in [-0.1, -0.05) is 11.6 Å². The highest BCUT2D eigenvalue weighted by molar-refractivity contribution is 9.10. The number of methoxy groups -OCH3 is 1. The molecule has 0 saturated carbocycles. The minimum Gasteiger partial charge on any atom is -0.476 e. The highest BCUT2D eigenvalue weighted by atomic mass is 79.9. The molecule has 1 aliphatic rings. The number of ketones is 1. The Morgan fingerprint density at radius 2 is 2.29 bits per heavy atom. The minimum atomic E-state index is -0.891. The molecule has 0 fully saturated rings. The smallest absolute Gasteiger partial charge is 0.347 e. The van der Waals surface area contributed by atoms with E-state index >= 15 is 0 Å². The number of carbonyl (C=O) groups is 2. The van der Waals surface area contributed by atoms with Crippen LogP contribution in [0.2, 0.25) is 5.02 Å². The number of halogens is 2. The van der Waals surface area contributed by atoms with E-state index in [1.807, 2.05) is 0 Å². The molecule has 0 bridgehead atoms. The average Bonchev–Trinajstić information content (AvgIpc) is 2.29. The third-order valence-corrected chi connectivity index (χ3v) is 3.21. The third kappa shape index (κ3) is 2.30. The van der Waals surface area contributed by atoms with Gasteiger partial charge in [0.05, 0.1) is 23.6 Å². The van der Waals surface area contributed by atoms with Crippen molar-refractivity contribution >= 4 is 39.3 Å². The van der Waals surface area contributed by atoms with Crippen molar-refractivity contribution in [3.8, 4) is 5.75 Å². The third-order valence-electron chi connectivity index (χ3n) is 2.40. The van der Waals surface area contributed by atoms with Gasteiger partial charge in [-0.15, -0.1) is 0 Å². The molecule has 4 nitrogen and oxygen atoms in total. The van der Waals surface area contributed by atoms with Gasteiger partial charge in [0.25, 0.3) is 0 Å². The van der Waals surface area contributed by atoms with Crippen LogP contribution in [-0.2, 0) is 9.53 Å². The Morgan fingerprint density at radius 3 is 2.94 bits per heavy atom. The first-order chi connectivity index (χ1) is 8.02. The van der Waals surface area contributed by atoms with Crippen molar-refractivity contribution in [2.24, 2.45) is 0 Å². The van der Waals surface area contributed by atoms with Crippen molar-refractivity contribution in [1.29, 1.82) is 0 Å². The fourth-order valence-corrected chi connectivity index (χ4v) is 2.52. The van der Waals surface area contributed by atoms with Gasteiger partial charge >= 0.3 is 5.97 Å². The molecular formula is C11H8BrClO4. The second-order valence-electron chi connectivity index (χ2n) is 3.52. The predicted octanol–water partition coefficient (Wildman–Crippen LogP) is 2.61. The lowest BCUT2D eigenvalue weighted by atomic mass is 10.0. The number of benzene rings is 1. The van der Waals surface area contributed by atoms with E-state index in [2.05, 4.69) is 20.7 Å². The summed E-state index contributed by atoms with van der Waals surface area (Å²) < 4.78 is 10.5. The van der Waals surface area contributed by atoms with Gasteiger partial charge in [0, 0.05) is 5.02 Å². The maximum atomic E-state index is 11.9. The summed E-state index contributed by atoms with van der Waals surface area (Å²) in [4.78, 5) is 23.2. The van der Waals surface area contributed by atoms with Crippen molar-refractivity contribution in [3.05, 3.63) is 27.2 Å². The van der Waals surface area contributed by atoms with Crippen LogP contribution in [-0.4, -0.2) is 25.0 Å². The summed E-state index contributed by atoms with van der Waals surface area (Å²) >= 11 is 9.09. The van der Waals surface area contributed by atoms with Gasteiger partial charge in [-0.2, -0.15) is 0 Å². The number of esters is 1. The van der Waals surface area contributed by atoms with E-state index in [0.29, 0.717) is 20.8 Å². The van der Waals surface area contributed by atoms with Crippen LogP contribution in [0.5, 0.6) is 5.75 Å². The molecule has 0 unspecified atom stereocenters. The number of hydrogen-bond acceptors (Lipinski definition) is 4. The first-order valence-corrected chi connectivity index (χ1v) is 5.96. The number of ether oxygens (including phenoxy) is 2. The van der Waals surface area contributed by atoms with E-state index in [-0.39, 0.29) is 12.2 Å². The number of Topliss-reactive ketones (excluding diaryl/α,β-unsaturated/α-hetero) is 1. The summed E-state index contributed by atoms with van der Waals surface area (Å²) in [5.74, 6) is -0.420. The number of rotatable bonds is 1. The van der Waals surface area contributed by atoms with Crippen LogP contribution in [0.3, 0.4) is 0 Å². The highest BCUT2D eigenvalue weighted by Crippen LogP contribution is 2.37. The maximum Gasteiger partial charge on any atom is 0.347 e. The van der Waals surface area contributed by atoms with Crippen LogP contribution in [0.4, 0.5) is 0 Å². The Hall–Kier alpha value is -1.07. The molecule has 0 spiro atoms. The van der Waals surface area contributed by atoms with Crippen molar-refractivity contribution in [2.75, 3.05) is 7.11 Å². The first kappa shape index (κ1) is 12.4. The minimum absolute atomic E-state index is 0.0353. The summed E-state index contributed by atoms with van der Waals surface area (Å²) in [6.07, 6.45) is -0.926. The standard InChI is InChI=1S/C11H8BrClO4/c1-16-11(15)9-4-8(14)6-2-5(13)3-7(12)10(6)17-9/h2-3,9H,4H2,1H3/t9-/m1/s1. The molecule has 6 heteroatoms. The summed E-state index contributed by atoms with van der Waals surface area (Å²) in [7, 11) is 1.25.